The van der Waals surface area contributed by atoms with Gasteiger partial charge in [0, 0.05) is 12.1 Å². The van der Waals surface area contributed by atoms with Crippen LogP contribution in [0.1, 0.15) is 22.9 Å². The van der Waals surface area contributed by atoms with Crippen LogP contribution in [-0.4, -0.2) is 17.7 Å². The van der Waals surface area contributed by atoms with E-state index in [9.17, 15) is 4.79 Å². The maximum atomic E-state index is 12.9. The Morgan fingerprint density at radius 2 is 1.52 bits per heavy atom. The Morgan fingerprint density at radius 1 is 0.897 bits per heavy atom. The summed E-state index contributed by atoms with van der Waals surface area (Å²) in [6.45, 7) is 0.448. The summed E-state index contributed by atoms with van der Waals surface area (Å²) in [5, 5.41) is 2.96. The van der Waals surface area contributed by atoms with E-state index in [-0.39, 0.29) is 5.91 Å². The second-order valence-electron chi connectivity index (χ2n) is 6.77. The van der Waals surface area contributed by atoms with Crippen LogP contribution >= 0.6 is 0 Å². The Balaban J connectivity index is 1.53. The number of aliphatic imine (C=N–C) groups is 1. The maximum Gasteiger partial charge on any atom is 0.268 e. The van der Waals surface area contributed by atoms with Crippen molar-refractivity contribution in [3.63, 3.8) is 0 Å². The maximum absolute atomic E-state index is 12.9. The molecule has 0 saturated heterocycles. The molecule has 1 heterocycles. The van der Waals surface area contributed by atoms with Gasteiger partial charge in [-0.15, -0.1) is 0 Å². The molecule has 0 aliphatic carbocycles. The van der Waals surface area contributed by atoms with Crippen molar-refractivity contribution >= 4 is 17.7 Å². The van der Waals surface area contributed by atoms with Gasteiger partial charge in [-0.3, -0.25) is 4.79 Å². The van der Waals surface area contributed by atoms with Crippen LogP contribution in [-0.2, 0) is 16.1 Å². The van der Waals surface area contributed by atoms with Gasteiger partial charge in [0.25, 0.3) is 5.91 Å². The number of nitrogens with one attached hydrogen (secondary N) is 1. The van der Waals surface area contributed by atoms with Crippen LogP contribution in [0.3, 0.4) is 0 Å². The molecule has 0 radical (unpaired) electrons. The van der Waals surface area contributed by atoms with Crippen molar-refractivity contribution in [1.82, 2.24) is 5.32 Å². The van der Waals surface area contributed by atoms with E-state index in [0.29, 0.717) is 12.3 Å². The number of amides is 1. The third kappa shape index (κ3) is 4.86. The Bertz CT molecular complexity index is 999. The lowest BCUT2D eigenvalue weighted by molar-refractivity contribution is -0.115. The first-order valence-electron chi connectivity index (χ1n) is 9.63. The molecule has 4 heteroatoms. The molecule has 3 aromatic rings. The summed E-state index contributed by atoms with van der Waals surface area (Å²) in [6, 6.07) is 29.5. The van der Waals surface area contributed by atoms with Crippen molar-refractivity contribution in [1.29, 1.82) is 0 Å². The van der Waals surface area contributed by atoms with E-state index >= 15 is 0 Å². The summed E-state index contributed by atoms with van der Waals surface area (Å²) in [6.07, 6.45) is 2.85. The molecule has 29 heavy (non-hydrogen) atoms. The summed E-state index contributed by atoms with van der Waals surface area (Å²) >= 11 is 0. The van der Waals surface area contributed by atoms with Crippen LogP contribution in [0, 0.1) is 0 Å². The zero-order chi connectivity index (χ0) is 19.9. The van der Waals surface area contributed by atoms with Gasteiger partial charge < -0.3 is 10.1 Å². The van der Waals surface area contributed by atoms with Gasteiger partial charge in [-0.1, -0.05) is 97.1 Å². The van der Waals surface area contributed by atoms with E-state index in [2.05, 4.69) is 10.3 Å². The number of nitrogens with zero attached hydrogens (tertiary/aromatic N) is 1. The van der Waals surface area contributed by atoms with E-state index in [1.807, 2.05) is 103 Å². The largest absolute Gasteiger partial charge is 0.347 e. The normalized spacial score (nSPS) is 18.6. The molecule has 4 rings (SSSR count). The molecule has 0 bridgehead atoms. The van der Waals surface area contributed by atoms with Gasteiger partial charge in [-0.05, 0) is 17.2 Å². The topological polar surface area (TPSA) is 50.7 Å². The lowest BCUT2D eigenvalue weighted by Gasteiger charge is -2.11. The minimum atomic E-state index is -0.504. The summed E-state index contributed by atoms with van der Waals surface area (Å²) < 4.78 is 6.10. The molecule has 3 aromatic carbocycles. The van der Waals surface area contributed by atoms with Crippen LogP contribution in [0.15, 0.2) is 102 Å². The summed E-state index contributed by atoms with van der Waals surface area (Å²) in [5.74, 6) is -0.213. The third-order valence-electron chi connectivity index (χ3n) is 4.68. The second kappa shape index (κ2) is 9.13. The van der Waals surface area contributed by atoms with Crippen LogP contribution in [0.25, 0.3) is 6.08 Å². The molecule has 0 fully saturated rings. The van der Waals surface area contributed by atoms with Gasteiger partial charge in [0.1, 0.15) is 11.8 Å². The number of carbonyl (C=O) groups is 1. The molecule has 4 nitrogen and oxygen atoms in total. The molecule has 144 valence electrons. The first-order valence-corrected chi connectivity index (χ1v) is 9.63. The molecule has 1 aliphatic heterocycles. The van der Waals surface area contributed by atoms with Crippen molar-refractivity contribution in [2.24, 2.45) is 4.99 Å². The first-order chi connectivity index (χ1) is 14.3. The van der Waals surface area contributed by atoms with Crippen molar-refractivity contribution < 1.29 is 9.53 Å². The fraction of sp³-hybridized carbons (Fsp3) is 0.120. The number of hydrogen-bond acceptors (Lipinski definition) is 3. The molecule has 1 amide bonds. The van der Waals surface area contributed by atoms with E-state index in [1.165, 1.54) is 0 Å². The molecule has 1 N–H and O–H groups in total. The quantitative estimate of drug-likeness (QED) is 0.680. The van der Waals surface area contributed by atoms with Crippen LogP contribution in [0.4, 0.5) is 0 Å². The average molecular weight is 382 g/mol. The zero-order valence-corrected chi connectivity index (χ0v) is 15.9. The predicted octanol–water partition coefficient (Wildman–Crippen LogP) is 4.55. The lowest BCUT2D eigenvalue weighted by atomic mass is 10.1. The third-order valence-corrected chi connectivity index (χ3v) is 4.68. The summed E-state index contributed by atoms with van der Waals surface area (Å²) in [4.78, 5) is 17.5. The fourth-order valence-electron chi connectivity index (χ4n) is 3.16. The van der Waals surface area contributed by atoms with E-state index in [1.54, 1.807) is 0 Å². The number of benzene rings is 3. The van der Waals surface area contributed by atoms with Crippen LogP contribution in [0.2, 0.25) is 0 Å². The highest BCUT2D eigenvalue weighted by Crippen LogP contribution is 2.28. The minimum absolute atomic E-state index is 0.213. The Morgan fingerprint density at radius 3 is 2.21 bits per heavy atom. The van der Waals surface area contributed by atoms with E-state index in [0.717, 1.165) is 16.7 Å². The average Bonchev–Trinajstić information content (AvgIpc) is 3.22. The Hall–Kier alpha value is -3.50. The van der Waals surface area contributed by atoms with E-state index < -0.39 is 12.3 Å². The van der Waals surface area contributed by atoms with Crippen LogP contribution in [0.5, 0.6) is 0 Å². The number of rotatable bonds is 6. The summed E-state index contributed by atoms with van der Waals surface area (Å²) in [7, 11) is 0. The minimum Gasteiger partial charge on any atom is -0.347 e. The van der Waals surface area contributed by atoms with Gasteiger partial charge in [-0.25, -0.2) is 4.99 Å². The number of carbonyl (C=O) groups excluding carboxylic acids is 1. The van der Waals surface area contributed by atoms with Gasteiger partial charge in [0.05, 0.1) is 0 Å². The lowest BCUT2D eigenvalue weighted by Crippen LogP contribution is -2.35. The predicted molar refractivity (Wildman–Crippen MR) is 115 cm³/mol. The van der Waals surface area contributed by atoms with Gasteiger partial charge >= 0.3 is 0 Å². The zero-order valence-electron chi connectivity index (χ0n) is 15.9. The molecule has 2 unspecified atom stereocenters. The molecule has 0 saturated carbocycles. The number of ether oxygens (including phenoxy) is 1. The monoisotopic (exact) mass is 382 g/mol. The number of hydrogen-bond donors (Lipinski definition) is 1. The smallest absolute Gasteiger partial charge is 0.268 e. The SMILES string of the molecule is O=C(NCc1ccccc1)C1=NC(c2ccccc2)OC1/C=C/c1ccccc1. The highest BCUT2D eigenvalue weighted by Gasteiger charge is 2.32. The van der Waals surface area contributed by atoms with Crippen molar-refractivity contribution in [3.05, 3.63) is 114 Å². The van der Waals surface area contributed by atoms with Crippen LogP contribution < -0.4 is 5.32 Å². The molecule has 0 spiro atoms. The van der Waals surface area contributed by atoms with Gasteiger partial charge in [-0.2, -0.15) is 0 Å². The van der Waals surface area contributed by atoms with Crippen molar-refractivity contribution in [2.45, 2.75) is 18.9 Å². The standard InChI is InChI=1S/C25H22N2O2/c28-24(26-18-20-12-6-2-7-13-20)23-22(17-16-19-10-4-1-5-11-19)29-25(27-23)21-14-8-3-9-15-21/h1-17,22,25H,18H2,(H,26,28)/b17-16+. The Labute approximate surface area is 170 Å². The molecule has 2 atom stereocenters. The van der Waals surface area contributed by atoms with Gasteiger partial charge in [0.15, 0.2) is 6.23 Å². The fourth-order valence-corrected chi connectivity index (χ4v) is 3.16. The van der Waals surface area contributed by atoms with E-state index in [4.69, 9.17) is 4.74 Å². The second-order valence-corrected chi connectivity index (χ2v) is 6.77. The van der Waals surface area contributed by atoms with Crippen molar-refractivity contribution in [2.75, 3.05) is 0 Å². The molecule has 0 aromatic heterocycles. The summed E-state index contributed by atoms with van der Waals surface area (Å²) in [5.41, 5.74) is 3.40. The molecule has 1 aliphatic rings. The molecular formula is C25H22N2O2. The van der Waals surface area contributed by atoms with Gasteiger partial charge in [0.2, 0.25) is 0 Å². The van der Waals surface area contributed by atoms with Crippen molar-refractivity contribution in [3.8, 4) is 0 Å². The Kier molecular flexibility index (Phi) is 5.93. The first kappa shape index (κ1) is 18.8. The highest BCUT2D eigenvalue weighted by atomic mass is 16.5. The molecular weight excluding hydrogens is 360 g/mol. The highest BCUT2D eigenvalue weighted by molar-refractivity contribution is 6.41.